The fourth-order valence-electron chi connectivity index (χ4n) is 4.59. The van der Waals surface area contributed by atoms with Gasteiger partial charge in [-0.1, -0.05) is 12.8 Å². The maximum absolute atomic E-state index is 12.4. The summed E-state index contributed by atoms with van der Waals surface area (Å²) >= 11 is 0. The van der Waals surface area contributed by atoms with Crippen LogP contribution in [0.1, 0.15) is 63.8 Å². The van der Waals surface area contributed by atoms with E-state index in [4.69, 9.17) is 0 Å². The van der Waals surface area contributed by atoms with E-state index in [1.807, 2.05) is 12.1 Å². The summed E-state index contributed by atoms with van der Waals surface area (Å²) in [6.45, 7) is 0. The first-order valence-corrected chi connectivity index (χ1v) is 10.5. The Labute approximate surface area is 165 Å². The predicted molar refractivity (Wildman–Crippen MR) is 108 cm³/mol. The van der Waals surface area contributed by atoms with Gasteiger partial charge in [-0.25, -0.2) is 4.68 Å². The molecule has 0 saturated heterocycles. The van der Waals surface area contributed by atoms with Gasteiger partial charge in [0.2, 0.25) is 5.91 Å². The van der Waals surface area contributed by atoms with E-state index < -0.39 is 0 Å². The third-order valence-electron chi connectivity index (χ3n) is 6.16. The molecule has 2 saturated carbocycles. The number of hydrogen-bond donors (Lipinski definition) is 1. The molecule has 1 amide bonds. The Morgan fingerprint density at radius 1 is 1.00 bits per heavy atom. The average molecular weight is 380 g/mol. The molecular weight excluding hydrogens is 352 g/mol. The van der Waals surface area contributed by atoms with Gasteiger partial charge in [-0.05, 0) is 62.6 Å². The minimum atomic E-state index is -0.0634. The maximum Gasteiger partial charge on any atom is 0.267 e. The van der Waals surface area contributed by atoms with E-state index >= 15 is 0 Å². The molecule has 0 bridgehead atoms. The number of hydrogen-bond acceptors (Lipinski definition) is 4. The number of carbonyl (C=O) groups excluding carboxylic acids is 1. The van der Waals surface area contributed by atoms with Crippen LogP contribution in [0.15, 0.2) is 41.5 Å². The standard InChI is InChI=1S/C22H28N4O2/c27-21(15-16-3-1-2-4-16)24-18-5-7-19(8-6-18)26-22(28)10-9-20(25-26)17-11-13-23-14-12-17/h9-14,16,18-19H,1-8,15H2,(H,24,27). The highest BCUT2D eigenvalue weighted by molar-refractivity contribution is 5.76. The second-order valence-electron chi connectivity index (χ2n) is 8.16. The van der Waals surface area contributed by atoms with Crippen molar-refractivity contribution in [1.82, 2.24) is 20.1 Å². The van der Waals surface area contributed by atoms with Gasteiger partial charge in [0.05, 0.1) is 11.7 Å². The normalized spacial score (nSPS) is 22.9. The number of pyridine rings is 1. The van der Waals surface area contributed by atoms with E-state index in [-0.39, 0.29) is 23.6 Å². The molecular formula is C22H28N4O2. The van der Waals surface area contributed by atoms with Crippen molar-refractivity contribution in [2.24, 2.45) is 5.92 Å². The van der Waals surface area contributed by atoms with Crippen LogP contribution in [0, 0.1) is 5.92 Å². The molecule has 0 unspecified atom stereocenters. The topological polar surface area (TPSA) is 76.9 Å². The minimum absolute atomic E-state index is 0.0634. The number of nitrogens with one attached hydrogen (secondary N) is 1. The molecule has 2 aliphatic carbocycles. The van der Waals surface area contributed by atoms with Crippen molar-refractivity contribution in [3.05, 3.63) is 47.0 Å². The zero-order valence-electron chi connectivity index (χ0n) is 16.2. The zero-order chi connectivity index (χ0) is 19.3. The highest BCUT2D eigenvalue weighted by Gasteiger charge is 2.26. The van der Waals surface area contributed by atoms with E-state index in [9.17, 15) is 9.59 Å². The van der Waals surface area contributed by atoms with Gasteiger partial charge in [-0.3, -0.25) is 14.6 Å². The predicted octanol–water partition coefficient (Wildman–Crippen LogP) is 3.49. The van der Waals surface area contributed by atoms with Gasteiger partial charge in [0.1, 0.15) is 0 Å². The van der Waals surface area contributed by atoms with Crippen molar-refractivity contribution in [2.45, 2.75) is 69.9 Å². The van der Waals surface area contributed by atoms with Crippen LogP contribution >= 0.6 is 0 Å². The first kappa shape index (κ1) is 18.8. The van der Waals surface area contributed by atoms with Crippen LogP contribution in [0.3, 0.4) is 0 Å². The van der Waals surface area contributed by atoms with Crippen LogP contribution < -0.4 is 10.9 Å². The largest absolute Gasteiger partial charge is 0.353 e. The van der Waals surface area contributed by atoms with Gasteiger partial charge in [0.25, 0.3) is 5.56 Å². The Balaban J connectivity index is 1.36. The molecule has 0 atom stereocenters. The molecule has 0 radical (unpaired) electrons. The summed E-state index contributed by atoms with van der Waals surface area (Å²) in [6, 6.07) is 7.48. The Morgan fingerprint density at radius 3 is 2.43 bits per heavy atom. The highest BCUT2D eigenvalue weighted by Crippen LogP contribution is 2.29. The molecule has 2 aromatic heterocycles. The molecule has 2 aromatic rings. The molecule has 28 heavy (non-hydrogen) atoms. The van der Waals surface area contributed by atoms with Gasteiger partial charge in [0.15, 0.2) is 0 Å². The van der Waals surface area contributed by atoms with Crippen molar-refractivity contribution < 1.29 is 4.79 Å². The molecule has 2 aliphatic rings. The lowest BCUT2D eigenvalue weighted by atomic mass is 9.91. The average Bonchev–Trinajstić information content (AvgIpc) is 3.22. The second kappa shape index (κ2) is 8.67. The molecule has 6 nitrogen and oxygen atoms in total. The van der Waals surface area contributed by atoms with Crippen molar-refractivity contribution in [3.8, 4) is 11.3 Å². The molecule has 2 fully saturated rings. The van der Waals surface area contributed by atoms with Crippen molar-refractivity contribution in [3.63, 3.8) is 0 Å². The number of rotatable bonds is 5. The van der Waals surface area contributed by atoms with Crippen LogP contribution in [-0.2, 0) is 4.79 Å². The van der Waals surface area contributed by atoms with Crippen molar-refractivity contribution in [1.29, 1.82) is 0 Å². The lowest BCUT2D eigenvalue weighted by Crippen LogP contribution is -2.40. The SMILES string of the molecule is O=C(CC1CCCC1)NC1CCC(n2nc(-c3ccncc3)ccc2=O)CC1. The molecule has 0 spiro atoms. The lowest BCUT2D eigenvalue weighted by Gasteiger charge is -2.30. The number of carbonyl (C=O) groups is 1. The van der Waals surface area contributed by atoms with E-state index in [0.29, 0.717) is 12.3 Å². The van der Waals surface area contributed by atoms with E-state index in [1.54, 1.807) is 29.2 Å². The van der Waals surface area contributed by atoms with Crippen molar-refractivity contribution in [2.75, 3.05) is 0 Å². The third kappa shape index (κ3) is 4.49. The highest BCUT2D eigenvalue weighted by atomic mass is 16.1. The van der Waals surface area contributed by atoms with E-state index in [1.165, 1.54) is 25.7 Å². The molecule has 4 rings (SSSR count). The summed E-state index contributed by atoms with van der Waals surface area (Å²) in [5.74, 6) is 0.778. The molecule has 2 heterocycles. The fraction of sp³-hybridized carbons (Fsp3) is 0.545. The zero-order valence-corrected chi connectivity index (χ0v) is 16.2. The summed E-state index contributed by atoms with van der Waals surface area (Å²) in [5, 5.41) is 7.83. The summed E-state index contributed by atoms with van der Waals surface area (Å²) in [4.78, 5) is 28.7. The van der Waals surface area contributed by atoms with Gasteiger partial charge in [-0.15, -0.1) is 0 Å². The van der Waals surface area contributed by atoms with Gasteiger partial charge >= 0.3 is 0 Å². The Kier molecular flexibility index (Phi) is 5.84. The molecule has 0 aliphatic heterocycles. The first-order chi connectivity index (χ1) is 13.7. The molecule has 1 N–H and O–H groups in total. The van der Waals surface area contributed by atoms with Crippen LogP contribution in [0.4, 0.5) is 0 Å². The Morgan fingerprint density at radius 2 is 1.71 bits per heavy atom. The summed E-state index contributed by atoms with van der Waals surface area (Å²) in [5.41, 5.74) is 1.68. The van der Waals surface area contributed by atoms with Gasteiger partial charge in [0, 0.05) is 36.5 Å². The second-order valence-corrected chi connectivity index (χ2v) is 8.16. The van der Waals surface area contributed by atoms with Crippen LogP contribution in [0.2, 0.25) is 0 Å². The number of amides is 1. The minimum Gasteiger partial charge on any atom is -0.353 e. The third-order valence-corrected chi connectivity index (χ3v) is 6.16. The molecule has 6 heteroatoms. The van der Waals surface area contributed by atoms with Gasteiger partial charge < -0.3 is 5.32 Å². The molecule has 0 aromatic carbocycles. The summed E-state index contributed by atoms with van der Waals surface area (Å²) in [6.07, 6.45) is 12.6. The maximum atomic E-state index is 12.4. The van der Waals surface area contributed by atoms with Crippen LogP contribution in [-0.4, -0.2) is 26.7 Å². The Hall–Kier alpha value is -2.50. The monoisotopic (exact) mass is 380 g/mol. The lowest BCUT2D eigenvalue weighted by molar-refractivity contribution is -0.122. The number of aromatic nitrogens is 3. The fourth-order valence-corrected chi connectivity index (χ4v) is 4.59. The first-order valence-electron chi connectivity index (χ1n) is 10.5. The van der Waals surface area contributed by atoms with Crippen LogP contribution in [0.25, 0.3) is 11.3 Å². The van der Waals surface area contributed by atoms with E-state index in [0.717, 1.165) is 36.9 Å². The molecule has 148 valence electrons. The number of nitrogens with zero attached hydrogens (tertiary/aromatic N) is 3. The van der Waals surface area contributed by atoms with Gasteiger partial charge in [-0.2, -0.15) is 5.10 Å². The quantitative estimate of drug-likeness (QED) is 0.861. The van der Waals surface area contributed by atoms with Crippen molar-refractivity contribution >= 4 is 5.91 Å². The van der Waals surface area contributed by atoms with E-state index in [2.05, 4.69) is 15.4 Å². The summed E-state index contributed by atoms with van der Waals surface area (Å²) in [7, 11) is 0. The Bertz CT molecular complexity index is 850. The summed E-state index contributed by atoms with van der Waals surface area (Å²) < 4.78 is 1.63. The smallest absolute Gasteiger partial charge is 0.267 e. The van der Waals surface area contributed by atoms with Crippen LogP contribution in [0.5, 0.6) is 0 Å².